The highest BCUT2D eigenvalue weighted by Gasteiger charge is 2.17. The van der Waals surface area contributed by atoms with Crippen molar-refractivity contribution in [2.75, 3.05) is 12.8 Å². The molecule has 0 aliphatic carbocycles. The summed E-state index contributed by atoms with van der Waals surface area (Å²) >= 11 is 1.47. The Labute approximate surface area is 126 Å². The highest BCUT2D eigenvalue weighted by molar-refractivity contribution is 7.16. The summed E-state index contributed by atoms with van der Waals surface area (Å²) in [6.07, 6.45) is 2.01. The van der Waals surface area contributed by atoms with Crippen molar-refractivity contribution in [1.82, 2.24) is 4.98 Å². The molecule has 0 fully saturated rings. The molecule has 0 aliphatic rings. The van der Waals surface area contributed by atoms with Crippen LogP contribution in [0.1, 0.15) is 28.8 Å². The van der Waals surface area contributed by atoms with E-state index in [0.29, 0.717) is 10.6 Å². The number of aromatic amines is 1. The average Bonchev–Trinajstić information content (AvgIpc) is 3.09. The van der Waals surface area contributed by atoms with Gasteiger partial charge in [-0.1, -0.05) is 6.92 Å². The zero-order chi connectivity index (χ0) is 15.0. The minimum Gasteiger partial charge on any atom is -0.497 e. The molecule has 1 unspecified atom stereocenters. The first kappa shape index (κ1) is 13.5. The van der Waals surface area contributed by atoms with Gasteiger partial charge in [0.2, 0.25) is 0 Å². The number of thiophene rings is 1. The van der Waals surface area contributed by atoms with Crippen LogP contribution < -0.4 is 10.5 Å². The fraction of sp³-hybridized carbons (Fsp3) is 0.188. The number of ether oxygens (including phenoxy) is 1. The number of nitriles is 1. The lowest BCUT2D eigenvalue weighted by atomic mass is 9.98. The smallest absolute Gasteiger partial charge is 0.119 e. The lowest BCUT2D eigenvalue weighted by molar-refractivity contribution is 0.415. The quantitative estimate of drug-likeness (QED) is 0.771. The van der Waals surface area contributed by atoms with Crippen LogP contribution in [0.3, 0.4) is 0 Å². The minimum atomic E-state index is 0.167. The maximum atomic E-state index is 9.04. The number of anilines is 1. The number of benzene rings is 1. The lowest BCUT2D eigenvalue weighted by Gasteiger charge is -2.08. The van der Waals surface area contributed by atoms with Crippen molar-refractivity contribution in [1.29, 1.82) is 5.26 Å². The number of nitrogens with zero attached hydrogens (tertiary/aromatic N) is 1. The summed E-state index contributed by atoms with van der Waals surface area (Å²) in [5.41, 5.74) is 8.67. The van der Waals surface area contributed by atoms with Gasteiger partial charge >= 0.3 is 0 Å². The van der Waals surface area contributed by atoms with E-state index in [1.54, 1.807) is 7.11 Å². The molecule has 0 saturated heterocycles. The van der Waals surface area contributed by atoms with Gasteiger partial charge in [-0.15, -0.1) is 11.3 Å². The van der Waals surface area contributed by atoms with Gasteiger partial charge in [0.15, 0.2) is 0 Å². The zero-order valence-electron chi connectivity index (χ0n) is 11.8. The van der Waals surface area contributed by atoms with Crippen LogP contribution in [0.2, 0.25) is 0 Å². The van der Waals surface area contributed by atoms with Crippen LogP contribution in [0.4, 0.5) is 5.00 Å². The van der Waals surface area contributed by atoms with E-state index in [4.69, 9.17) is 15.7 Å². The molecule has 4 nitrogen and oxygen atoms in total. The maximum absolute atomic E-state index is 9.04. The largest absolute Gasteiger partial charge is 0.497 e. The molecule has 0 bridgehead atoms. The molecular formula is C16H15N3OS. The molecule has 3 rings (SSSR count). The van der Waals surface area contributed by atoms with Gasteiger partial charge in [-0.25, -0.2) is 0 Å². The lowest BCUT2D eigenvalue weighted by Crippen LogP contribution is -1.92. The number of methoxy groups -OCH3 is 1. The Morgan fingerprint density at radius 2 is 2.19 bits per heavy atom. The van der Waals surface area contributed by atoms with Crippen molar-refractivity contribution >= 4 is 27.2 Å². The van der Waals surface area contributed by atoms with Crippen LogP contribution in [0.5, 0.6) is 5.75 Å². The Morgan fingerprint density at radius 1 is 1.38 bits per heavy atom. The van der Waals surface area contributed by atoms with Crippen LogP contribution in [0, 0.1) is 11.3 Å². The van der Waals surface area contributed by atoms with Gasteiger partial charge in [-0.2, -0.15) is 5.26 Å². The number of H-pyrrole nitrogens is 1. The topological polar surface area (TPSA) is 74.8 Å². The van der Waals surface area contributed by atoms with Gasteiger partial charge in [-0.05, 0) is 29.8 Å². The number of hydrogen-bond donors (Lipinski definition) is 2. The summed E-state index contributed by atoms with van der Waals surface area (Å²) in [6, 6.07) is 9.98. The third-order valence-corrected chi connectivity index (χ3v) is 4.86. The van der Waals surface area contributed by atoms with Gasteiger partial charge in [0.05, 0.1) is 12.7 Å². The van der Waals surface area contributed by atoms with Crippen LogP contribution in [0.15, 0.2) is 30.5 Å². The molecule has 2 heterocycles. The van der Waals surface area contributed by atoms with Crippen LogP contribution in [0.25, 0.3) is 10.9 Å². The molecule has 0 amide bonds. The van der Waals surface area contributed by atoms with E-state index in [1.165, 1.54) is 16.9 Å². The number of rotatable bonds is 3. The van der Waals surface area contributed by atoms with Gasteiger partial charge in [0, 0.05) is 27.9 Å². The molecule has 0 saturated carbocycles. The second kappa shape index (κ2) is 5.15. The summed E-state index contributed by atoms with van der Waals surface area (Å²) in [5.74, 6) is 0.999. The average molecular weight is 297 g/mol. The Morgan fingerprint density at radius 3 is 2.86 bits per heavy atom. The maximum Gasteiger partial charge on any atom is 0.119 e. The molecule has 1 atom stereocenters. The Kier molecular flexibility index (Phi) is 3.32. The van der Waals surface area contributed by atoms with E-state index in [1.807, 2.05) is 30.5 Å². The minimum absolute atomic E-state index is 0.167. The number of aromatic nitrogens is 1. The molecule has 0 aliphatic heterocycles. The predicted octanol–water partition coefficient (Wildman–Crippen LogP) is 3.84. The summed E-state index contributed by atoms with van der Waals surface area (Å²) in [7, 11) is 1.66. The van der Waals surface area contributed by atoms with Gasteiger partial charge < -0.3 is 15.5 Å². The van der Waals surface area contributed by atoms with E-state index in [-0.39, 0.29) is 5.92 Å². The van der Waals surface area contributed by atoms with Crippen molar-refractivity contribution in [3.8, 4) is 11.8 Å². The monoisotopic (exact) mass is 297 g/mol. The van der Waals surface area contributed by atoms with Gasteiger partial charge in [0.1, 0.15) is 16.8 Å². The number of nitrogens with one attached hydrogen (secondary N) is 1. The summed E-state index contributed by atoms with van der Waals surface area (Å²) in [4.78, 5) is 4.37. The third kappa shape index (κ3) is 2.24. The third-order valence-electron chi connectivity index (χ3n) is 3.71. The van der Waals surface area contributed by atoms with Crippen LogP contribution in [-0.2, 0) is 0 Å². The SMILES string of the molecule is COc1ccc2[nH]cc(C(C)c3cc(C#N)c(N)s3)c2c1. The Bertz CT molecular complexity index is 841. The van der Waals surface area contributed by atoms with E-state index in [2.05, 4.69) is 18.0 Å². The number of nitrogens with two attached hydrogens (primary N) is 1. The van der Waals surface area contributed by atoms with Gasteiger partial charge in [0.25, 0.3) is 0 Å². The molecular weight excluding hydrogens is 282 g/mol. The Hall–Kier alpha value is -2.45. The summed E-state index contributed by atoms with van der Waals surface area (Å²) in [5, 5.41) is 10.8. The zero-order valence-corrected chi connectivity index (χ0v) is 12.6. The molecule has 0 spiro atoms. The van der Waals surface area contributed by atoms with E-state index in [0.717, 1.165) is 21.5 Å². The van der Waals surface area contributed by atoms with Crippen LogP contribution in [-0.4, -0.2) is 12.1 Å². The normalized spacial score (nSPS) is 12.2. The highest BCUT2D eigenvalue weighted by atomic mass is 32.1. The molecule has 5 heteroatoms. The molecule has 21 heavy (non-hydrogen) atoms. The van der Waals surface area contributed by atoms with E-state index in [9.17, 15) is 0 Å². The van der Waals surface area contributed by atoms with Crippen molar-refractivity contribution in [3.05, 3.63) is 46.5 Å². The van der Waals surface area contributed by atoms with Crippen molar-refractivity contribution in [2.24, 2.45) is 0 Å². The van der Waals surface area contributed by atoms with Crippen molar-refractivity contribution < 1.29 is 4.74 Å². The first-order chi connectivity index (χ1) is 10.1. The van der Waals surface area contributed by atoms with E-state index >= 15 is 0 Å². The van der Waals surface area contributed by atoms with Crippen LogP contribution >= 0.6 is 11.3 Å². The van der Waals surface area contributed by atoms with Crippen molar-refractivity contribution in [3.63, 3.8) is 0 Å². The molecule has 3 aromatic rings. The second-order valence-corrected chi connectivity index (χ2v) is 6.03. The first-order valence-electron chi connectivity index (χ1n) is 6.58. The summed E-state index contributed by atoms with van der Waals surface area (Å²) in [6.45, 7) is 2.12. The highest BCUT2D eigenvalue weighted by Crippen LogP contribution is 2.37. The molecule has 3 N–H and O–H groups in total. The van der Waals surface area contributed by atoms with Crippen molar-refractivity contribution in [2.45, 2.75) is 12.8 Å². The number of nitrogen functional groups attached to an aromatic ring is 1. The molecule has 1 aromatic carbocycles. The fourth-order valence-electron chi connectivity index (χ4n) is 2.49. The second-order valence-electron chi connectivity index (χ2n) is 4.92. The Balaban J connectivity index is 2.08. The first-order valence-corrected chi connectivity index (χ1v) is 7.40. The molecule has 106 valence electrons. The molecule has 0 radical (unpaired) electrons. The predicted molar refractivity (Wildman–Crippen MR) is 85.8 cm³/mol. The fourth-order valence-corrected chi connectivity index (χ4v) is 3.43. The molecule has 2 aromatic heterocycles. The van der Waals surface area contributed by atoms with Gasteiger partial charge in [-0.3, -0.25) is 0 Å². The number of fused-ring (bicyclic) bond motifs is 1. The summed E-state index contributed by atoms with van der Waals surface area (Å²) < 4.78 is 5.30. The van der Waals surface area contributed by atoms with E-state index < -0.39 is 0 Å². The number of hydrogen-bond acceptors (Lipinski definition) is 4. The standard InChI is InChI=1S/C16H15N3OS/c1-9(15-5-10(7-17)16(18)21-15)13-8-19-14-4-3-11(20-2)6-12(13)14/h3-6,8-9,19H,18H2,1-2H3.